The van der Waals surface area contributed by atoms with Gasteiger partial charge in [-0.25, -0.2) is 0 Å². The van der Waals surface area contributed by atoms with Crippen molar-refractivity contribution in [2.75, 3.05) is 0 Å². The van der Waals surface area contributed by atoms with Gasteiger partial charge in [0.15, 0.2) is 0 Å². The van der Waals surface area contributed by atoms with E-state index >= 15 is 0 Å². The molecular formula is C14H18O2. The Labute approximate surface area is 96.2 Å². The van der Waals surface area contributed by atoms with Gasteiger partial charge in [-0.05, 0) is 37.3 Å². The zero-order chi connectivity index (χ0) is 11.4. The molecule has 1 N–H and O–H groups in total. The molecule has 1 fully saturated rings. The summed E-state index contributed by atoms with van der Waals surface area (Å²) >= 11 is 0. The first-order valence-corrected chi connectivity index (χ1v) is 6.10. The maximum absolute atomic E-state index is 10.8. The normalized spacial score (nSPS) is 40.8. The van der Waals surface area contributed by atoms with Gasteiger partial charge in [-0.15, -0.1) is 0 Å². The van der Waals surface area contributed by atoms with Crippen molar-refractivity contribution in [3.05, 3.63) is 35.4 Å². The molecule has 1 spiro atoms. The third-order valence-electron chi connectivity index (χ3n) is 4.32. The van der Waals surface area contributed by atoms with Crippen molar-refractivity contribution in [3.63, 3.8) is 0 Å². The third-order valence-corrected chi connectivity index (χ3v) is 4.32. The van der Waals surface area contributed by atoms with Gasteiger partial charge in [0.2, 0.25) is 0 Å². The Bertz CT molecular complexity index is 424. The first-order valence-electron chi connectivity index (χ1n) is 6.10. The summed E-state index contributed by atoms with van der Waals surface area (Å²) in [4.78, 5) is 0. The molecule has 0 radical (unpaired) electrons. The Morgan fingerprint density at radius 3 is 2.88 bits per heavy atom. The Kier molecular flexibility index (Phi) is 1.99. The fourth-order valence-corrected chi connectivity index (χ4v) is 3.29. The maximum atomic E-state index is 10.8. The summed E-state index contributed by atoms with van der Waals surface area (Å²) in [5.41, 5.74) is 1.18. The minimum atomic E-state index is -0.831. The van der Waals surface area contributed by atoms with Gasteiger partial charge in [-0.3, -0.25) is 0 Å². The molecule has 16 heavy (non-hydrogen) atoms. The van der Waals surface area contributed by atoms with Gasteiger partial charge >= 0.3 is 0 Å². The largest absolute Gasteiger partial charge is 0.382 e. The van der Waals surface area contributed by atoms with Crippen molar-refractivity contribution in [1.29, 1.82) is 0 Å². The van der Waals surface area contributed by atoms with Crippen molar-refractivity contribution in [2.45, 2.75) is 50.4 Å². The summed E-state index contributed by atoms with van der Waals surface area (Å²) < 4.78 is 5.82. The lowest BCUT2D eigenvalue weighted by atomic mass is 9.70. The summed E-state index contributed by atoms with van der Waals surface area (Å²) in [7, 11) is 0. The van der Waals surface area contributed by atoms with E-state index in [1.54, 1.807) is 0 Å². The van der Waals surface area contributed by atoms with Crippen LogP contribution in [0.25, 0.3) is 0 Å². The number of epoxide rings is 1. The Hall–Kier alpha value is -0.860. The molecular weight excluding hydrogens is 200 g/mol. The second-order valence-corrected chi connectivity index (χ2v) is 5.13. The molecule has 2 heteroatoms. The summed E-state index contributed by atoms with van der Waals surface area (Å²) in [6.45, 7) is 4.02. The fourth-order valence-electron chi connectivity index (χ4n) is 3.29. The molecule has 0 bridgehead atoms. The molecule has 1 aliphatic heterocycles. The maximum Gasteiger partial charge on any atom is 0.127 e. The standard InChI is InChI=1S/C14H18O2/c1-3-12-14(16-12)9-8-10-6-4-5-7-11(10)13(14,2)15/h4-7,12,15H,3,8-9H2,1-2H3/t12-,13-,14+/m0/s1. The highest BCUT2D eigenvalue weighted by molar-refractivity contribution is 5.40. The van der Waals surface area contributed by atoms with E-state index in [9.17, 15) is 5.11 Å². The minimum absolute atomic E-state index is 0.232. The van der Waals surface area contributed by atoms with E-state index in [-0.39, 0.29) is 11.7 Å². The molecule has 1 saturated heterocycles. The van der Waals surface area contributed by atoms with Crippen LogP contribution in [-0.2, 0) is 16.8 Å². The second-order valence-electron chi connectivity index (χ2n) is 5.13. The first kappa shape index (κ1) is 10.3. The van der Waals surface area contributed by atoms with Crippen LogP contribution in [0, 0.1) is 0 Å². The smallest absolute Gasteiger partial charge is 0.127 e. The Balaban J connectivity index is 2.07. The number of benzene rings is 1. The van der Waals surface area contributed by atoms with Crippen molar-refractivity contribution in [2.24, 2.45) is 0 Å². The van der Waals surface area contributed by atoms with Crippen LogP contribution >= 0.6 is 0 Å². The predicted molar refractivity (Wildman–Crippen MR) is 62.2 cm³/mol. The molecule has 86 valence electrons. The van der Waals surface area contributed by atoms with E-state index < -0.39 is 5.60 Å². The molecule has 1 aromatic carbocycles. The van der Waals surface area contributed by atoms with Crippen molar-refractivity contribution < 1.29 is 9.84 Å². The number of ether oxygens (including phenoxy) is 1. The topological polar surface area (TPSA) is 32.8 Å². The van der Waals surface area contributed by atoms with Crippen LogP contribution in [-0.4, -0.2) is 16.8 Å². The number of fused-ring (bicyclic) bond motifs is 1. The van der Waals surface area contributed by atoms with Crippen molar-refractivity contribution in [3.8, 4) is 0 Å². The van der Waals surface area contributed by atoms with Gasteiger partial charge in [0.25, 0.3) is 0 Å². The fraction of sp³-hybridized carbons (Fsp3) is 0.571. The second kappa shape index (κ2) is 3.08. The lowest BCUT2D eigenvalue weighted by molar-refractivity contribution is -0.0385. The van der Waals surface area contributed by atoms with E-state index in [2.05, 4.69) is 13.0 Å². The lowest BCUT2D eigenvalue weighted by Gasteiger charge is -2.37. The number of aryl methyl sites for hydroxylation is 1. The summed E-state index contributed by atoms with van der Waals surface area (Å²) in [6.07, 6.45) is 3.17. The molecule has 0 amide bonds. The molecule has 2 aliphatic rings. The molecule has 1 aliphatic carbocycles. The van der Waals surface area contributed by atoms with Crippen LogP contribution in [0.1, 0.15) is 37.8 Å². The SMILES string of the molecule is CC[C@@H]1O[C@]12CCc1ccccc1[C@]2(C)O. The van der Waals surface area contributed by atoms with Crippen LogP contribution in [0.4, 0.5) is 0 Å². The zero-order valence-corrected chi connectivity index (χ0v) is 9.86. The van der Waals surface area contributed by atoms with E-state index in [1.165, 1.54) is 5.56 Å². The first-order chi connectivity index (χ1) is 7.62. The highest BCUT2D eigenvalue weighted by Crippen LogP contribution is 2.57. The summed E-state index contributed by atoms with van der Waals surface area (Å²) in [5.74, 6) is 0. The quantitative estimate of drug-likeness (QED) is 0.734. The van der Waals surface area contributed by atoms with Gasteiger partial charge in [-0.2, -0.15) is 0 Å². The monoisotopic (exact) mass is 218 g/mol. The molecule has 2 nitrogen and oxygen atoms in total. The minimum Gasteiger partial charge on any atom is -0.382 e. The zero-order valence-electron chi connectivity index (χ0n) is 9.86. The average molecular weight is 218 g/mol. The van der Waals surface area contributed by atoms with Crippen molar-refractivity contribution >= 4 is 0 Å². The highest BCUT2D eigenvalue weighted by atomic mass is 16.6. The molecule has 1 aromatic rings. The van der Waals surface area contributed by atoms with Crippen LogP contribution in [0.2, 0.25) is 0 Å². The van der Waals surface area contributed by atoms with Crippen molar-refractivity contribution in [1.82, 2.24) is 0 Å². The van der Waals surface area contributed by atoms with Gasteiger partial charge in [0, 0.05) is 0 Å². The van der Waals surface area contributed by atoms with Crippen LogP contribution in [0.3, 0.4) is 0 Å². The number of hydrogen-bond acceptors (Lipinski definition) is 2. The van der Waals surface area contributed by atoms with Gasteiger partial charge < -0.3 is 9.84 Å². The molecule has 0 saturated carbocycles. The molecule has 0 aromatic heterocycles. The Morgan fingerprint density at radius 1 is 1.44 bits per heavy atom. The summed E-state index contributed by atoms with van der Waals surface area (Å²) in [6, 6.07) is 8.18. The predicted octanol–water partition coefficient (Wildman–Crippen LogP) is 2.39. The lowest BCUT2D eigenvalue weighted by Crippen LogP contribution is -2.45. The van der Waals surface area contributed by atoms with E-state index in [4.69, 9.17) is 4.74 Å². The molecule has 3 rings (SSSR count). The highest BCUT2D eigenvalue weighted by Gasteiger charge is 2.67. The van der Waals surface area contributed by atoms with E-state index in [0.29, 0.717) is 0 Å². The molecule has 0 unspecified atom stereocenters. The van der Waals surface area contributed by atoms with E-state index in [0.717, 1.165) is 24.8 Å². The number of hydrogen-bond donors (Lipinski definition) is 1. The molecule has 3 atom stereocenters. The van der Waals surface area contributed by atoms with Gasteiger partial charge in [-0.1, -0.05) is 31.2 Å². The summed E-state index contributed by atoms with van der Waals surface area (Å²) in [5, 5.41) is 10.8. The van der Waals surface area contributed by atoms with Crippen LogP contribution in [0.5, 0.6) is 0 Å². The average Bonchev–Trinajstić information content (AvgIpc) is 3.01. The van der Waals surface area contributed by atoms with Gasteiger partial charge in [0.05, 0.1) is 6.10 Å². The molecule has 1 heterocycles. The van der Waals surface area contributed by atoms with Crippen LogP contribution in [0.15, 0.2) is 24.3 Å². The van der Waals surface area contributed by atoms with Gasteiger partial charge in [0.1, 0.15) is 11.2 Å². The third kappa shape index (κ3) is 1.09. The number of aliphatic hydroxyl groups is 1. The van der Waals surface area contributed by atoms with Crippen LogP contribution < -0.4 is 0 Å². The van der Waals surface area contributed by atoms with E-state index in [1.807, 2.05) is 25.1 Å². The number of rotatable bonds is 1. The Morgan fingerprint density at radius 2 is 2.19 bits per heavy atom.